The lowest BCUT2D eigenvalue weighted by Crippen LogP contribution is -2.50. The van der Waals surface area contributed by atoms with Gasteiger partial charge in [0.2, 0.25) is 10.0 Å². The second kappa shape index (κ2) is 9.46. The number of methoxy groups -OCH3 is 1. The van der Waals surface area contributed by atoms with Crippen LogP contribution in [0.2, 0.25) is 5.02 Å². The number of amides is 1. The summed E-state index contributed by atoms with van der Waals surface area (Å²) in [5, 5.41) is 0.292. The molecule has 1 fully saturated rings. The van der Waals surface area contributed by atoms with E-state index in [-0.39, 0.29) is 37.0 Å². The molecule has 1 heterocycles. The molecule has 0 N–H and O–H groups in total. The Kier molecular flexibility index (Phi) is 7.13. The average molecular weight is 467 g/mol. The molecular formula is C22H27ClN2O5S. The van der Waals surface area contributed by atoms with E-state index in [1.165, 1.54) is 11.4 Å². The molecule has 168 valence electrons. The Morgan fingerprint density at radius 3 is 2.32 bits per heavy atom. The molecule has 2 aromatic rings. The highest BCUT2D eigenvalue weighted by Gasteiger charge is 2.31. The maximum absolute atomic E-state index is 13.0. The summed E-state index contributed by atoms with van der Waals surface area (Å²) in [5.41, 5.74) is 2.34. The zero-order valence-corrected chi connectivity index (χ0v) is 19.7. The summed E-state index contributed by atoms with van der Waals surface area (Å²) in [7, 11) is -2.12. The fourth-order valence-electron chi connectivity index (χ4n) is 3.47. The molecule has 3 rings (SSSR count). The van der Waals surface area contributed by atoms with E-state index in [0.29, 0.717) is 28.7 Å². The summed E-state index contributed by atoms with van der Waals surface area (Å²) in [6.45, 7) is 7.11. The fraction of sp³-hybridized carbons (Fsp3) is 0.409. The summed E-state index contributed by atoms with van der Waals surface area (Å²) >= 11 is 6.29. The highest BCUT2D eigenvalue weighted by atomic mass is 35.5. The van der Waals surface area contributed by atoms with Gasteiger partial charge >= 0.3 is 0 Å². The first-order valence-electron chi connectivity index (χ1n) is 10.1. The van der Waals surface area contributed by atoms with Gasteiger partial charge in [0, 0.05) is 31.7 Å². The first-order valence-corrected chi connectivity index (χ1v) is 11.9. The Hall–Kier alpha value is -2.29. The van der Waals surface area contributed by atoms with Crippen molar-refractivity contribution in [3.8, 4) is 11.5 Å². The molecule has 1 saturated heterocycles. The molecule has 0 aliphatic carbocycles. The lowest BCUT2D eigenvalue weighted by Gasteiger charge is -2.34. The molecule has 1 aliphatic rings. The molecule has 0 radical (unpaired) electrons. The lowest BCUT2D eigenvalue weighted by atomic mass is 10.1. The number of halogens is 1. The Balaban J connectivity index is 1.74. The maximum atomic E-state index is 13.0. The molecule has 0 unspecified atom stereocenters. The molecule has 0 spiro atoms. The van der Waals surface area contributed by atoms with Crippen LogP contribution in [0.25, 0.3) is 0 Å². The van der Waals surface area contributed by atoms with Crippen LogP contribution in [0.4, 0.5) is 0 Å². The van der Waals surface area contributed by atoms with Crippen molar-refractivity contribution in [3.05, 3.63) is 52.0 Å². The Morgan fingerprint density at radius 1 is 1.06 bits per heavy atom. The van der Waals surface area contributed by atoms with Gasteiger partial charge in [-0.15, -0.1) is 0 Å². The van der Waals surface area contributed by atoms with E-state index in [4.69, 9.17) is 21.1 Å². The highest BCUT2D eigenvalue weighted by molar-refractivity contribution is 7.89. The SMILES string of the molecule is CCOc1c(Cl)cc(C(=O)N2CCN(S(=O)(=O)c3ccc(C)c(C)c3)CC2)cc1OC. The van der Waals surface area contributed by atoms with Gasteiger partial charge in [-0.05, 0) is 56.2 Å². The molecule has 1 amide bonds. The summed E-state index contributed by atoms with van der Waals surface area (Å²) in [6.07, 6.45) is 0. The normalized spacial score (nSPS) is 15.1. The highest BCUT2D eigenvalue weighted by Crippen LogP contribution is 2.36. The van der Waals surface area contributed by atoms with Gasteiger partial charge in [-0.3, -0.25) is 4.79 Å². The van der Waals surface area contributed by atoms with Gasteiger partial charge in [-0.25, -0.2) is 8.42 Å². The monoisotopic (exact) mass is 466 g/mol. The van der Waals surface area contributed by atoms with Crippen molar-refractivity contribution in [2.24, 2.45) is 0 Å². The van der Waals surface area contributed by atoms with E-state index in [2.05, 4.69) is 0 Å². The third-order valence-electron chi connectivity index (χ3n) is 5.41. The zero-order valence-electron chi connectivity index (χ0n) is 18.1. The summed E-state index contributed by atoms with van der Waals surface area (Å²) < 4.78 is 38.2. The quantitative estimate of drug-likeness (QED) is 0.651. The van der Waals surface area contributed by atoms with E-state index in [1.807, 2.05) is 26.8 Å². The molecule has 1 aliphatic heterocycles. The first-order chi connectivity index (χ1) is 14.7. The molecule has 0 aromatic heterocycles. The predicted molar refractivity (Wildman–Crippen MR) is 120 cm³/mol. The molecule has 0 bridgehead atoms. The first kappa shape index (κ1) is 23.4. The third-order valence-corrected chi connectivity index (χ3v) is 7.58. The van der Waals surface area contributed by atoms with E-state index in [1.54, 1.807) is 29.2 Å². The number of piperazine rings is 1. The molecular weight excluding hydrogens is 440 g/mol. The van der Waals surface area contributed by atoms with E-state index >= 15 is 0 Å². The smallest absolute Gasteiger partial charge is 0.254 e. The number of benzene rings is 2. The summed E-state index contributed by atoms with van der Waals surface area (Å²) in [4.78, 5) is 14.9. The van der Waals surface area contributed by atoms with Crippen LogP contribution in [0.5, 0.6) is 11.5 Å². The van der Waals surface area contributed by atoms with Gasteiger partial charge in [-0.2, -0.15) is 4.31 Å². The van der Waals surface area contributed by atoms with Gasteiger partial charge in [0.15, 0.2) is 11.5 Å². The molecule has 2 aromatic carbocycles. The van der Waals surface area contributed by atoms with Crippen LogP contribution in [0.15, 0.2) is 35.2 Å². The maximum Gasteiger partial charge on any atom is 0.254 e. The van der Waals surface area contributed by atoms with Crippen molar-refractivity contribution in [1.29, 1.82) is 0 Å². The molecule has 0 saturated carbocycles. The molecule has 9 heteroatoms. The predicted octanol–water partition coefficient (Wildman–Crippen LogP) is 3.51. The van der Waals surface area contributed by atoms with Crippen LogP contribution < -0.4 is 9.47 Å². The topological polar surface area (TPSA) is 76.2 Å². The van der Waals surface area contributed by atoms with Crippen LogP contribution in [0.1, 0.15) is 28.4 Å². The third kappa shape index (κ3) is 4.81. The van der Waals surface area contributed by atoms with Crippen molar-refractivity contribution in [2.75, 3.05) is 39.9 Å². The van der Waals surface area contributed by atoms with E-state index in [9.17, 15) is 13.2 Å². The Morgan fingerprint density at radius 2 is 1.74 bits per heavy atom. The van der Waals surface area contributed by atoms with Crippen molar-refractivity contribution < 1.29 is 22.7 Å². The van der Waals surface area contributed by atoms with Gasteiger partial charge in [0.25, 0.3) is 5.91 Å². The second-order valence-electron chi connectivity index (χ2n) is 7.36. The van der Waals surface area contributed by atoms with Crippen LogP contribution in [-0.4, -0.2) is 63.4 Å². The number of hydrogen-bond donors (Lipinski definition) is 0. The lowest BCUT2D eigenvalue weighted by molar-refractivity contribution is 0.0697. The van der Waals surface area contributed by atoms with Crippen molar-refractivity contribution in [2.45, 2.75) is 25.7 Å². The van der Waals surface area contributed by atoms with Gasteiger partial charge in [0.1, 0.15) is 0 Å². The second-order valence-corrected chi connectivity index (χ2v) is 9.71. The van der Waals surface area contributed by atoms with Crippen LogP contribution in [0.3, 0.4) is 0 Å². The molecule has 31 heavy (non-hydrogen) atoms. The summed E-state index contributed by atoms with van der Waals surface area (Å²) in [6, 6.07) is 8.28. The van der Waals surface area contributed by atoms with E-state index in [0.717, 1.165) is 11.1 Å². The van der Waals surface area contributed by atoms with Crippen LogP contribution in [-0.2, 0) is 10.0 Å². The number of aryl methyl sites for hydroxylation is 2. The zero-order chi connectivity index (χ0) is 22.8. The minimum absolute atomic E-state index is 0.225. The molecule has 0 atom stereocenters. The van der Waals surface area contributed by atoms with Gasteiger partial charge in [0.05, 0.1) is 23.6 Å². The minimum atomic E-state index is -3.61. The van der Waals surface area contributed by atoms with Crippen molar-refractivity contribution in [1.82, 2.24) is 9.21 Å². The number of carbonyl (C=O) groups is 1. The largest absolute Gasteiger partial charge is 0.493 e. The standard InChI is InChI=1S/C22H27ClN2O5S/c1-5-30-21-19(23)13-17(14-20(21)29-4)22(26)24-8-10-25(11-9-24)31(27,28)18-7-6-15(2)16(3)12-18/h6-7,12-14H,5,8-11H2,1-4H3. The average Bonchev–Trinajstić information content (AvgIpc) is 2.76. The number of ether oxygens (including phenoxy) is 2. The van der Waals surface area contributed by atoms with Crippen LogP contribution >= 0.6 is 11.6 Å². The van der Waals surface area contributed by atoms with Crippen LogP contribution in [0, 0.1) is 13.8 Å². The number of carbonyl (C=O) groups excluding carboxylic acids is 1. The van der Waals surface area contributed by atoms with Gasteiger partial charge in [-0.1, -0.05) is 17.7 Å². The number of rotatable bonds is 6. The van der Waals surface area contributed by atoms with Gasteiger partial charge < -0.3 is 14.4 Å². The fourth-order valence-corrected chi connectivity index (χ4v) is 5.24. The van der Waals surface area contributed by atoms with E-state index < -0.39 is 10.0 Å². The van der Waals surface area contributed by atoms with Crippen molar-refractivity contribution >= 4 is 27.5 Å². The minimum Gasteiger partial charge on any atom is -0.493 e. The van der Waals surface area contributed by atoms with Crippen molar-refractivity contribution in [3.63, 3.8) is 0 Å². The number of hydrogen-bond acceptors (Lipinski definition) is 5. The number of sulfonamides is 1. The summed E-state index contributed by atoms with van der Waals surface area (Å²) in [5.74, 6) is 0.549. The Labute approximate surface area is 188 Å². The Bertz CT molecular complexity index is 1080. The number of nitrogens with zero attached hydrogens (tertiary/aromatic N) is 2. The molecule has 7 nitrogen and oxygen atoms in total.